The van der Waals surface area contributed by atoms with Gasteiger partial charge in [0.05, 0.1) is 0 Å². The van der Waals surface area contributed by atoms with Crippen LogP contribution in [0.5, 0.6) is 0 Å². The van der Waals surface area contributed by atoms with Gasteiger partial charge in [0.25, 0.3) is 0 Å². The second-order valence-electron chi connectivity index (χ2n) is 4.21. The van der Waals surface area contributed by atoms with E-state index in [-0.39, 0.29) is 0 Å². The molecule has 0 aliphatic carbocycles. The van der Waals surface area contributed by atoms with Crippen molar-refractivity contribution in [1.82, 2.24) is 30.0 Å². The molecule has 9 nitrogen and oxygen atoms in total. The third kappa shape index (κ3) is 4.33. The quantitative estimate of drug-likeness (QED) is 0.292. The molecule has 0 unspecified atom stereocenters. The molecule has 3 aromatic heterocycles. The third-order valence-corrected chi connectivity index (χ3v) is 3.54. The topological polar surface area (TPSA) is 110 Å². The SMILES string of the molecule is CN(C)c1nnc2ccc(I)nn12.NNc1ccc(I)nn1. The van der Waals surface area contributed by atoms with Crippen LogP contribution in [-0.2, 0) is 0 Å². The van der Waals surface area contributed by atoms with Gasteiger partial charge < -0.3 is 10.3 Å². The van der Waals surface area contributed by atoms with E-state index in [1.54, 1.807) is 10.6 Å². The van der Waals surface area contributed by atoms with Gasteiger partial charge in [-0.15, -0.1) is 20.4 Å². The summed E-state index contributed by atoms with van der Waals surface area (Å²) in [6.07, 6.45) is 0. The molecule has 3 heterocycles. The van der Waals surface area contributed by atoms with Crippen molar-refractivity contribution >= 4 is 62.6 Å². The molecule has 0 fully saturated rings. The lowest BCUT2D eigenvalue weighted by atomic mass is 10.5. The van der Waals surface area contributed by atoms with Crippen LogP contribution in [0.4, 0.5) is 11.8 Å². The largest absolute Gasteiger partial charge is 0.346 e. The Hall–Kier alpha value is -1.35. The van der Waals surface area contributed by atoms with Crippen LogP contribution < -0.4 is 16.2 Å². The van der Waals surface area contributed by atoms with Crippen LogP contribution in [0.25, 0.3) is 5.65 Å². The summed E-state index contributed by atoms with van der Waals surface area (Å²) >= 11 is 4.23. The Bertz CT molecular complexity index is 741. The number of nitrogens with two attached hydrogens (primary N) is 1. The zero-order chi connectivity index (χ0) is 16.1. The monoisotopic (exact) mass is 525 g/mol. The van der Waals surface area contributed by atoms with Crippen LogP contribution in [0, 0.1) is 7.40 Å². The Morgan fingerprint density at radius 2 is 1.73 bits per heavy atom. The normalized spacial score (nSPS) is 10.0. The van der Waals surface area contributed by atoms with E-state index >= 15 is 0 Å². The average molecular weight is 525 g/mol. The molecule has 3 rings (SSSR count). The molecular formula is C11H13I2N9. The lowest BCUT2D eigenvalue weighted by molar-refractivity contribution is 0.867. The molecule has 11 heteroatoms. The van der Waals surface area contributed by atoms with Gasteiger partial charge in [-0.25, -0.2) is 5.84 Å². The molecule has 0 radical (unpaired) electrons. The van der Waals surface area contributed by atoms with Crippen molar-refractivity contribution in [1.29, 1.82) is 0 Å². The maximum Gasteiger partial charge on any atom is 0.248 e. The molecule has 3 N–H and O–H groups in total. The summed E-state index contributed by atoms with van der Waals surface area (Å²) in [5.74, 6) is 6.37. The molecule has 22 heavy (non-hydrogen) atoms. The molecule has 0 saturated carbocycles. The molecule has 0 spiro atoms. The molecule has 0 aromatic carbocycles. The fourth-order valence-electron chi connectivity index (χ4n) is 1.43. The highest BCUT2D eigenvalue weighted by molar-refractivity contribution is 14.1. The van der Waals surface area contributed by atoms with Gasteiger partial charge in [-0.2, -0.15) is 9.61 Å². The van der Waals surface area contributed by atoms with E-state index in [1.165, 1.54) is 0 Å². The summed E-state index contributed by atoms with van der Waals surface area (Å²) in [5.41, 5.74) is 3.14. The summed E-state index contributed by atoms with van der Waals surface area (Å²) in [7, 11) is 3.83. The van der Waals surface area contributed by atoms with Crippen molar-refractivity contribution < 1.29 is 0 Å². The summed E-state index contributed by atoms with van der Waals surface area (Å²) in [4.78, 5) is 1.88. The van der Waals surface area contributed by atoms with Gasteiger partial charge in [0.15, 0.2) is 11.5 Å². The number of fused-ring (bicyclic) bond motifs is 1. The van der Waals surface area contributed by atoms with Crippen molar-refractivity contribution in [2.24, 2.45) is 5.84 Å². The van der Waals surface area contributed by atoms with Crippen LogP contribution in [0.3, 0.4) is 0 Å². The number of nitrogens with zero attached hydrogens (tertiary/aromatic N) is 7. The minimum atomic E-state index is 0.579. The first-order chi connectivity index (χ1) is 10.5. The minimum Gasteiger partial charge on any atom is -0.346 e. The molecule has 0 saturated heterocycles. The van der Waals surface area contributed by atoms with Gasteiger partial charge in [0.2, 0.25) is 5.95 Å². The maximum atomic E-state index is 5.04. The van der Waals surface area contributed by atoms with E-state index in [9.17, 15) is 0 Å². The average Bonchev–Trinajstić information content (AvgIpc) is 2.92. The highest BCUT2D eigenvalue weighted by atomic mass is 127. The fraction of sp³-hybridized carbons (Fsp3) is 0.182. The first-order valence-corrected chi connectivity index (χ1v) is 8.18. The number of nitrogen functional groups attached to an aromatic ring is 1. The smallest absolute Gasteiger partial charge is 0.248 e. The van der Waals surface area contributed by atoms with Crippen LogP contribution in [-0.4, -0.2) is 44.1 Å². The van der Waals surface area contributed by atoms with E-state index in [0.29, 0.717) is 5.82 Å². The second-order valence-corrected chi connectivity index (χ2v) is 6.42. The number of rotatable bonds is 2. The first kappa shape index (κ1) is 17.0. The van der Waals surface area contributed by atoms with Crippen molar-refractivity contribution in [3.05, 3.63) is 31.7 Å². The number of aromatic nitrogens is 6. The summed E-state index contributed by atoms with van der Waals surface area (Å²) in [6.45, 7) is 0. The highest BCUT2D eigenvalue weighted by Crippen LogP contribution is 2.10. The predicted molar refractivity (Wildman–Crippen MR) is 100 cm³/mol. The number of anilines is 2. The highest BCUT2D eigenvalue weighted by Gasteiger charge is 2.07. The van der Waals surface area contributed by atoms with E-state index in [0.717, 1.165) is 19.0 Å². The van der Waals surface area contributed by atoms with Crippen LogP contribution in [0.15, 0.2) is 24.3 Å². The van der Waals surface area contributed by atoms with Crippen molar-refractivity contribution in [3.63, 3.8) is 0 Å². The number of halogens is 2. The maximum absolute atomic E-state index is 5.04. The fourth-order valence-corrected chi connectivity index (χ4v) is 2.11. The first-order valence-electron chi connectivity index (χ1n) is 6.02. The van der Waals surface area contributed by atoms with Crippen LogP contribution in [0.2, 0.25) is 0 Å². The molecular weight excluding hydrogens is 512 g/mol. The third-order valence-electron chi connectivity index (χ3n) is 2.39. The van der Waals surface area contributed by atoms with Gasteiger partial charge in [-0.05, 0) is 69.4 Å². The van der Waals surface area contributed by atoms with Crippen LogP contribution in [0.1, 0.15) is 0 Å². The van der Waals surface area contributed by atoms with Gasteiger partial charge in [-0.3, -0.25) is 0 Å². The Morgan fingerprint density at radius 3 is 2.32 bits per heavy atom. The predicted octanol–water partition coefficient (Wildman–Crippen LogP) is 1.16. The van der Waals surface area contributed by atoms with Gasteiger partial charge >= 0.3 is 0 Å². The summed E-state index contributed by atoms with van der Waals surface area (Å²) < 4.78 is 3.50. The summed E-state index contributed by atoms with van der Waals surface area (Å²) in [6, 6.07) is 7.39. The zero-order valence-corrected chi connectivity index (χ0v) is 16.1. The lowest BCUT2D eigenvalue weighted by Crippen LogP contribution is -2.13. The van der Waals surface area contributed by atoms with Gasteiger partial charge in [0.1, 0.15) is 7.40 Å². The van der Waals surface area contributed by atoms with Crippen molar-refractivity contribution in [2.75, 3.05) is 24.4 Å². The number of hydrazine groups is 1. The Balaban J connectivity index is 0.000000172. The Labute approximate surface area is 153 Å². The molecule has 116 valence electrons. The molecule has 0 bridgehead atoms. The molecule has 0 aliphatic rings. The molecule has 0 amide bonds. The van der Waals surface area contributed by atoms with E-state index < -0.39 is 0 Å². The molecule has 0 aliphatic heterocycles. The van der Waals surface area contributed by atoms with Crippen molar-refractivity contribution in [2.45, 2.75) is 0 Å². The van der Waals surface area contributed by atoms with Crippen LogP contribution >= 0.6 is 45.2 Å². The van der Waals surface area contributed by atoms with E-state index in [2.05, 4.69) is 76.1 Å². The Morgan fingerprint density at radius 1 is 1.00 bits per heavy atom. The minimum absolute atomic E-state index is 0.579. The number of hydrogen-bond acceptors (Lipinski definition) is 8. The molecule has 0 atom stereocenters. The summed E-state index contributed by atoms with van der Waals surface area (Å²) in [5, 5.41) is 19.7. The second kappa shape index (κ2) is 7.77. The van der Waals surface area contributed by atoms with Gasteiger partial charge in [-0.1, -0.05) is 0 Å². The van der Waals surface area contributed by atoms with E-state index in [4.69, 9.17) is 5.84 Å². The number of nitrogens with one attached hydrogen (secondary N) is 1. The standard InChI is InChI=1S/C7H8IN5.C4H5IN4/c1-12(2)7-10-9-6-4-3-5(8)11-13(6)7;5-3-1-2-4(7-6)9-8-3/h3-4H,1-2H3;1-2H,6H2,(H,7,9). The van der Waals surface area contributed by atoms with Crippen molar-refractivity contribution in [3.8, 4) is 0 Å². The number of hydrogen-bond donors (Lipinski definition) is 2. The van der Waals surface area contributed by atoms with E-state index in [1.807, 2.05) is 37.2 Å². The lowest BCUT2D eigenvalue weighted by Gasteiger charge is -2.07. The van der Waals surface area contributed by atoms with Gasteiger partial charge in [0, 0.05) is 14.1 Å². The zero-order valence-electron chi connectivity index (χ0n) is 11.8. The molecule has 3 aromatic rings. The Kier molecular flexibility index (Phi) is 6.01.